The van der Waals surface area contributed by atoms with E-state index in [0.717, 1.165) is 24.5 Å². The average Bonchev–Trinajstić information content (AvgIpc) is 2.69. The molecule has 94 valence electrons. The minimum absolute atomic E-state index is 0.678. The Balaban J connectivity index is 1.88. The highest BCUT2D eigenvalue weighted by atomic mass is 16.5. The van der Waals surface area contributed by atoms with Gasteiger partial charge in [-0.3, -0.25) is 0 Å². The van der Waals surface area contributed by atoms with Crippen LogP contribution in [0.4, 0.5) is 5.69 Å². The summed E-state index contributed by atoms with van der Waals surface area (Å²) < 4.78 is 5.75. The van der Waals surface area contributed by atoms with Gasteiger partial charge in [-0.1, -0.05) is 18.2 Å². The molecule has 0 amide bonds. The Morgan fingerprint density at radius 2 is 1.84 bits per heavy atom. The van der Waals surface area contributed by atoms with Gasteiger partial charge in [0.15, 0.2) is 0 Å². The van der Waals surface area contributed by atoms with Gasteiger partial charge in [0, 0.05) is 17.8 Å². The van der Waals surface area contributed by atoms with E-state index >= 15 is 0 Å². The summed E-state index contributed by atoms with van der Waals surface area (Å²) in [5.41, 5.74) is 3.01. The first-order valence-electron chi connectivity index (χ1n) is 6.32. The first-order valence-corrected chi connectivity index (χ1v) is 6.32. The minimum atomic E-state index is 0.678. The Bertz CT molecular complexity index is 613. The third-order valence-corrected chi connectivity index (χ3v) is 3.31. The number of anilines is 1. The molecule has 0 radical (unpaired) electrons. The van der Waals surface area contributed by atoms with Gasteiger partial charge in [-0.05, 0) is 30.3 Å². The molecule has 0 atom stereocenters. The summed E-state index contributed by atoms with van der Waals surface area (Å²) in [5.74, 6) is 0.971. The summed E-state index contributed by atoms with van der Waals surface area (Å²) in [5, 5.41) is 8.83. The minimum Gasteiger partial charge on any atom is -0.491 e. The maximum absolute atomic E-state index is 8.83. The Labute approximate surface area is 112 Å². The van der Waals surface area contributed by atoms with E-state index in [1.165, 1.54) is 5.56 Å². The molecule has 0 fully saturated rings. The van der Waals surface area contributed by atoms with Crippen LogP contribution in [0.25, 0.3) is 0 Å². The third kappa shape index (κ3) is 2.38. The monoisotopic (exact) mass is 250 g/mol. The molecule has 1 aliphatic rings. The number of hydrogen-bond acceptors (Lipinski definition) is 3. The van der Waals surface area contributed by atoms with E-state index < -0.39 is 0 Å². The first-order chi connectivity index (χ1) is 9.36. The number of nitrogens with zero attached hydrogens (tertiary/aromatic N) is 2. The molecule has 3 nitrogen and oxygen atoms in total. The van der Waals surface area contributed by atoms with Gasteiger partial charge in [-0.15, -0.1) is 0 Å². The molecule has 0 unspecified atom stereocenters. The number of hydrogen-bond donors (Lipinski definition) is 0. The van der Waals surface area contributed by atoms with Crippen LogP contribution in [0.5, 0.6) is 5.75 Å². The number of ether oxygens (including phenoxy) is 1. The molecule has 3 heteroatoms. The first kappa shape index (κ1) is 11.6. The molecular formula is C16H14N2O. The number of nitriles is 1. The van der Waals surface area contributed by atoms with Crippen LogP contribution in [0.15, 0.2) is 48.5 Å². The van der Waals surface area contributed by atoms with Crippen LogP contribution < -0.4 is 9.64 Å². The normalized spacial score (nSPS) is 13.9. The zero-order valence-electron chi connectivity index (χ0n) is 10.5. The fourth-order valence-electron chi connectivity index (χ4n) is 2.29. The van der Waals surface area contributed by atoms with E-state index in [2.05, 4.69) is 17.0 Å². The maximum Gasteiger partial charge on any atom is 0.124 e. The second-order valence-electron chi connectivity index (χ2n) is 4.54. The smallest absolute Gasteiger partial charge is 0.124 e. The Kier molecular flexibility index (Phi) is 3.07. The molecule has 0 aliphatic carbocycles. The van der Waals surface area contributed by atoms with Crippen LogP contribution in [0, 0.1) is 11.3 Å². The second kappa shape index (κ2) is 5.03. The highest BCUT2D eigenvalue weighted by Crippen LogP contribution is 2.26. The molecule has 3 rings (SSSR count). The molecule has 0 N–H and O–H groups in total. The topological polar surface area (TPSA) is 36.3 Å². The predicted molar refractivity (Wildman–Crippen MR) is 74.1 cm³/mol. The van der Waals surface area contributed by atoms with Gasteiger partial charge < -0.3 is 9.64 Å². The van der Waals surface area contributed by atoms with Crippen molar-refractivity contribution in [3.05, 3.63) is 59.7 Å². The van der Waals surface area contributed by atoms with Crippen molar-refractivity contribution in [2.75, 3.05) is 18.1 Å². The van der Waals surface area contributed by atoms with Gasteiger partial charge in [-0.2, -0.15) is 5.26 Å². The summed E-state index contributed by atoms with van der Waals surface area (Å²) in [6.45, 7) is 2.36. The summed E-state index contributed by atoms with van der Waals surface area (Å²) in [6, 6.07) is 18.0. The van der Waals surface area contributed by atoms with Crippen molar-refractivity contribution in [3.8, 4) is 11.8 Å². The van der Waals surface area contributed by atoms with Crippen LogP contribution in [-0.2, 0) is 6.54 Å². The molecular weight excluding hydrogens is 236 g/mol. The lowest BCUT2D eigenvalue weighted by Gasteiger charge is -2.22. The largest absolute Gasteiger partial charge is 0.491 e. The SMILES string of the molecule is N#Cc1ccc(N2CCOc3ccccc3C2)cc1. The van der Waals surface area contributed by atoms with Crippen LogP contribution in [0.1, 0.15) is 11.1 Å². The van der Waals surface area contributed by atoms with Crippen molar-refractivity contribution in [1.29, 1.82) is 5.26 Å². The van der Waals surface area contributed by atoms with Gasteiger partial charge in [0.2, 0.25) is 0 Å². The molecule has 1 heterocycles. The Morgan fingerprint density at radius 3 is 2.63 bits per heavy atom. The van der Waals surface area contributed by atoms with Gasteiger partial charge in [0.1, 0.15) is 12.4 Å². The van der Waals surface area contributed by atoms with Crippen molar-refractivity contribution in [1.82, 2.24) is 0 Å². The molecule has 2 aromatic rings. The lowest BCUT2D eigenvalue weighted by molar-refractivity contribution is 0.331. The highest BCUT2D eigenvalue weighted by molar-refractivity contribution is 5.51. The number of fused-ring (bicyclic) bond motifs is 1. The van der Waals surface area contributed by atoms with E-state index in [9.17, 15) is 0 Å². The zero-order chi connectivity index (χ0) is 13.1. The number of rotatable bonds is 1. The summed E-state index contributed by atoms with van der Waals surface area (Å²) >= 11 is 0. The summed E-state index contributed by atoms with van der Waals surface area (Å²) in [6.07, 6.45) is 0. The van der Waals surface area contributed by atoms with Crippen LogP contribution in [0.3, 0.4) is 0 Å². The van der Waals surface area contributed by atoms with E-state index in [0.29, 0.717) is 12.2 Å². The van der Waals surface area contributed by atoms with Gasteiger partial charge in [0.05, 0.1) is 18.2 Å². The van der Waals surface area contributed by atoms with Crippen LogP contribution in [0.2, 0.25) is 0 Å². The maximum atomic E-state index is 8.83. The molecule has 1 aliphatic heterocycles. The Morgan fingerprint density at radius 1 is 1.05 bits per heavy atom. The summed E-state index contributed by atoms with van der Waals surface area (Å²) in [7, 11) is 0. The average molecular weight is 250 g/mol. The number of para-hydroxylation sites is 1. The van der Waals surface area contributed by atoms with Gasteiger partial charge in [0.25, 0.3) is 0 Å². The Hall–Kier alpha value is -2.47. The zero-order valence-corrected chi connectivity index (χ0v) is 10.5. The number of benzene rings is 2. The van der Waals surface area contributed by atoms with E-state index in [-0.39, 0.29) is 0 Å². The predicted octanol–water partition coefficient (Wildman–Crippen LogP) is 2.96. The molecule has 0 saturated heterocycles. The van der Waals surface area contributed by atoms with Crippen molar-refractivity contribution in [2.45, 2.75) is 6.54 Å². The second-order valence-corrected chi connectivity index (χ2v) is 4.54. The lowest BCUT2D eigenvalue weighted by atomic mass is 10.1. The molecule has 0 saturated carbocycles. The lowest BCUT2D eigenvalue weighted by Crippen LogP contribution is -2.25. The van der Waals surface area contributed by atoms with Crippen molar-refractivity contribution in [3.63, 3.8) is 0 Å². The molecule has 19 heavy (non-hydrogen) atoms. The molecule has 0 aromatic heterocycles. The van der Waals surface area contributed by atoms with E-state index in [1.807, 2.05) is 42.5 Å². The van der Waals surface area contributed by atoms with Crippen LogP contribution in [-0.4, -0.2) is 13.2 Å². The third-order valence-electron chi connectivity index (χ3n) is 3.31. The van der Waals surface area contributed by atoms with Gasteiger partial charge >= 0.3 is 0 Å². The highest BCUT2D eigenvalue weighted by Gasteiger charge is 2.14. The summed E-state index contributed by atoms with van der Waals surface area (Å²) in [4.78, 5) is 2.27. The van der Waals surface area contributed by atoms with Crippen LogP contribution >= 0.6 is 0 Å². The van der Waals surface area contributed by atoms with Gasteiger partial charge in [-0.25, -0.2) is 0 Å². The van der Waals surface area contributed by atoms with E-state index in [1.54, 1.807) is 0 Å². The fourth-order valence-corrected chi connectivity index (χ4v) is 2.29. The molecule has 0 spiro atoms. The molecule has 0 bridgehead atoms. The van der Waals surface area contributed by atoms with Crippen molar-refractivity contribution >= 4 is 5.69 Å². The fraction of sp³-hybridized carbons (Fsp3) is 0.188. The van der Waals surface area contributed by atoms with E-state index in [4.69, 9.17) is 10.00 Å². The standard InChI is InChI=1S/C16H14N2O/c17-11-13-5-7-15(8-6-13)18-9-10-19-16-4-2-1-3-14(16)12-18/h1-8H,9-10,12H2. The van der Waals surface area contributed by atoms with Crippen molar-refractivity contribution < 1.29 is 4.74 Å². The molecule has 2 aromatic carbocycles. The van der Waals surface area contributed by atoms with Crippen molar-refractivity contribution in [2.24, 2.45) is 0 Å². The quantitative estimate of drug-likeness (QED) is 0.780.